The number of benzene rings is 1. The number of hydrogen-bond donors (Lipinski definition) is 3. The second kappa shape index (κ2) is 12.5. The fourth-order valence-corrected chi connectivity index (χ4v) is 4.19. The number of urea groups is 1. The number of para-hydroxylation sites is 1. The van der Waals surface area contributed by atoms with Gasteiger partial charge in [-0.3, -0.25) is 4.90 Å². The molecular weight excluding hydrogens is 456 g/mol. The molecule has 0 aliphatic carbocycles. The number of carbonyl (C=O) groups excluding carboxylic acids is 1. The standard InChI is InChI=1S/C25H32N10O/c26-19-21-22(32-35(23(21)27)20-7-2-1-3-8-20)9-4-10-30-25(36)31-13-6-14-33-15-17-34(18-16-33)24-28-11-5-12-29-24/h1-3,5,7-8,11-12H,4,6,9-10,13-18,27H2,(H2,30,31,36). The van der Waals surface area contributed by atoms with Crippen LogP contribution >= 0.6 is 0 Å². The quantitative estimate of drug-likeness (QED) is 0.365. The van der Waals surface area contributed by atoms with Gasteiger partial charge in [0.15, 0.2) is 0 Å². The van der Waals surface area contributed by atoms with Gasteiger partial charge in [0, 0.05) is 51.7 Å². The minimum absolute atomic E-state index is 0.184. The number of hydrogen-bond acceptors (Lipinski definition) is 8. The summed E-state index contributed by atoms with van der Waals surface area (Å²) in [4.78, 5) is 25.3. The molecule has 0 radical (unpaired) electrons. The van der Waals surface area contributed by atoms with Crippen LogP contribution in [0.4, 0.5) is 16.6 Å². The van der Waals surface area contributed by atoms with Crippen LogP contribution < -0.4 is 21.3 Å². The third-order valence-corrected chi connectivity index (χ3v) is 6.13. The van der Waals surface area contributed by atoms with Crippen LogP contribution in [0, 0.1) is 11.3 Å². The lowest BCUT2D eigenvalue weighted by Gasteiger charge is -2.34. The summed E-state index contributed by atoms with van der Waals surface area (Å²) in [5, 5.41) is 19.8. The van der Waals surface area contributed by atoms with E-state index in [1.165, 1.54) is 0 Å². The normalized spacial score (nSPS) is 13.8. The Morgan fingerprint density at radius 3 is 2.39 bits per heavy atom. The van der Waals surface area contributed by atoms with Crippen LogP contribution in [-0.2, 0) is 6.42 Å². The summed E-state index contributed by atoms with van der Waals surface area (Å²) in [5.74, 6) is 1.12. The van der Waals surface area contributed by atoms with Crippen LogP contribution in [0.5, 0.6) is 0 Å². The predicted molar refractivity (Wildman–Crippen MR) is 138 cm³/mol. The number of nitrogens with two attached hydrogens (primary N) is 1. The van der Waals surface area contributed by atoms with E-state index in [1.807, 2.05) is 36.4 Å². The number of aromatic nitrogens is 4. The van der Waals surface area contributed by atoms with Gasteiger partial charge in [0.2, 0.25) is 5.95 Å². The zero-order chi connectivity index (χ0) is 25.2. The SMILES string of the molecule is N#Cc1c(CCCNC(=O)NCCCN2CCN(c3ncccn3)CC2)nn(-c2ccccc2)c1N. The second-order valence-corrected chi connectivity index (χ2v) is 8.58. The van der Waals surface area contributed by atoms with E-state index in [0.717, 1.165) is 50.8 Å². The first-order valence-electron chi connectivity index (χ1n) is 12.2. The molecule has 2 amide bonds. The zero-order valence-electron chi connectivity index (χ0n) is 20.3. The van der Waals surface area contributed by atoms with Crippen molar-refractivity contribution in [1.82, 2.24) is 35.3 Å². The van der Waals surface area contributed by atoms with Crippen molar-refractivity contribution in [3.8, 4) is 11.8 Å². The summed E-state index contributed by atoms with van der Waals surface area (Å²) in [5.41, 5.74) is 7.98. The Labute approximate surface area is 210 Å². The summed E-state index contributed by atoms with van der Waals surface area (Å²) in [6, 6.07) is 13.3. The van der Waals surface area contributed by atoms with Gasteiger partial charge in [0.05, 0.1) is 11.4 Å². The fourth-order valence-electron chi connectivity index (χ4n) is 4.19. The summed E-state index contributed by atoms with van der Waals surface area (Å²) >= 11 is 0. The molecule has 188 valence electrons. The number of amides is 2. The van der Waals surface area contributed by atoms with E-state index in [0.29, 0.717) is 43.0 Å². The van der Waals surface area contributed by atoms with E-state index in [-0.39, 0.29) is 6.03 Å². The molecule has 1 aromatic carbocycles. The topological polar surface area (TPSA) is 141 Å². The molecule has 0 bridgehead atoms. The number of rotatable bonds is 10. The number of nitriles is 1. The minimum atomic E-state index is -0.184. The minimum Gasteiger partial charge on any atom is -0.382 e. The van der Waals surface area contributed by atoms with Crippen LogP contribution in [0.3, 0.4) is 0 Å². The first-order chi connectivity index (χ1) is 17.7. The Bertz CT molecular complexity index is 1150. The summed E-state index contributed by atoms with van der Waals surface area (Å²) in [7, 11) is 0. The molecule has 36 heavy (non-hydrogen) atoms. The monoisotopic (exact) mass is 488 g/mol. The average Bonchev–Trinajstić information content (AvgIpc) is 3.25. The number of carbonyl (C=O) groups is 1. The third-order valence-electron chi connectivity index (χ3n) is 6.13. The number of anilines is 2. The number of piperazine rings is 1. The number of aryl methyl sites for hydroxylation is 1. The highest BCUT2D eigenvalue weighted by Crippen LogP contribution is 2.21. The van der Waals surface area contributed by atoms with Crippen molar-refractivity contribution >= 4 is 17.8 Å². The van der Waals surface area contributed by atoms with Crippen LogP contribution in [0.1, 0.15) is 24.1 Å². The van der Waals surface area contributed by atoms with Crippen LogP contribution in [0.2, 0.25) is 0 Å². The van der Waals surface area contributed by atoms with Crippen LogP contribution in [0.15, 0.2) is 48.8 Å². The van der Waals surface area contributed by atoms with E-state index < -0.39 is 0 Å². The fraction of sp³-hybridized carbons (Fsp3) is 0.400. The van der Waals surface area contributed by atoms with Crippen molar-refractivity contribution < 1.29 is 4.79 Å². The number of nitrogens with one attached hydrogen (secondary N) is 2. The Balaban J connectivity index is 1.10. The van der Waals surface area contributed by atoms with Crippen molar-refractivity contribution in [3.05, 3.63) is 60.0 Å². The predicted octanol–water partition coefficient (Wildman–Crippen LogP) is 1.56. The van der Waals surface area contributed by atoms with Crippen molar-refractivity contribution in [3.63, 3.8) is 0 Å². The highest BCUT2D eigenvalue weighted by molar-refractivity contribution is 5.73. The van der Waals surface area contributed by atoms with Gasteiger partial charge in [0.25, 0.3) is 0 Å². The average molecular weight is 489 g/mol. The number of nitrogens with zero attached hydrogens (tertiary/aromatic N) is 7. The van der Waals surface area contributed by atoms with Crippen molar-refractivity contribution in [1.29, 1.82) is 5.26 Å². The summed E-state index contributed by atoms with van der Waals surface area (Å²) < 4.78 is 1.59. The second-order valence-electron chi connectivity index (χ2n) is 8.58. The maximum Gasteiger partial charge on any atom is 0.314 e. The third kappa shape index (κ3) is 6.49. The van der Waals surface area contributed by atoms with Crippen molar-refractivity contribution in [2.45, 2.75) is 19.3 Å². The smallest absolute Gasteiger partial charge is 0.314 e. The Morgan fingerprint density at radius 1 is 1.00 bits per heavy atom. The summed E-state index contributed by atoms with van der Waals surface area (Å²) in [6.07, 6.45) is 5.63. The lowest BCUT2D eigenvalue weighted by atomic mass is 10.1. The molecule has 1 aliphatic rings. The maximum atomic E-state index is 12.1. The van der Waals surface area contributed by atoms with Gasteiger partial charge >= 0.3 is 6.03 Å². The molecule has 11 nitrogen and oxygen atoms in total. The molecule has 3 heterocycles. The van der Waals surface area contributed by atoms with Gasteiger partial charge in [-0.15, -0.1) is 0 Å². The lowest BCUT2D eigenvalue weighted by Crippen LogP contribution is -2.47. The van der Waals surface area contributed by atoms with Crippen LogP contribution in [-0.4, -0.2) is 76.5 Å². The molecule has 4 rings (SSSR count). The van der Waals surface area contributed by atoms with E-state index in [1.54, 1.807) is 17.1 Å². The van der Waals surface area contributed by atoms with Gasteiger partial charge in [-0.25, -0.2) is 19.4 Å². The highest BCUT2D eigenvalue weighted by atomic mass is 16.2. The summed E-state index contributed by atoms with van der Waals surface area (Å²) in [6.45, 7) is 5.76. The van der Waals surface area contributed by atoms with Gasteiger partial charge in [-0.1, -0.05) is 18.2 Å². The van der Waals surface area contributed by atoms with Gasteiger partial charge in [0.1, 0.15) is 17.5 Å². The van der Waals surface area contributed by atoms with Crippen molar-refractivity contribution in [2.24, 2.45) is 0 Å². The highest BCUT2D eigenvalue weighted by Gasteiger charge is 2.18. The van der Waals surface area contributed by atoms with Crippen LogP contribution in [0.25, 0.3) is 5.69 Å². The lowest BCUT2D eigenvalue weighted by molar-refractivity contribution is 0.235. The Hall–Kier alpha value is -4.17. The Morgan fingerprint density at radius 2 is 1.69 bits per heavy atom. The molecule has 4 N–H and O–H groups in total. The van der Waals surface area contributed by atoms with E-state index in [9.17, 15) is 10.1 Å². The van der Waals surface area contributed by atoms with Gasteiger partial charge in [-0.2, -0.15) is 10.4 Å². The molecule has 1 aliphatic heterocycles. The first-order valence-corrected chi connectivity index (χ1v) is 12.2. The molecule has 0 atom stereocenters. The van der Waals surface area contributed by atoms with E-state index in [4.69, 9.17) is 5.73 Å². The molecule has 1 fully saturated rings. The molecule has 11 heteroatoms. The van der Waals surface area contributed by atoms with Gasteiger partial charge < -0.3 is 21.3 Å². The van der Waals surface area contributed by atoms with E-state index >= 15 is 0 Å². The largest absolute Gasteiger partial charge is 0.382 e. The molecule has 0 spiro atoms. The first kappa shape index (κ1) is 24.9. The van der Waals surface area contributed by atoms with Crippen molar-refractivity contribution in [2.75, 3.05) is 56.4 Å². The van der Waals surface area contributed by atoms with Gasteiger partial charge in [-0.05, 0) is 44.0 Å². The number of nitrogen functional groups attached to an aromatic ring is 1. The molecule has 1 saturated heterocycles. The molecule has 3 aromatic rings. The molecule has 0 saturated carbocycles. The Kier molecular flexibility index (Phi) is 8.67. The van der Waals surface area contributed by atoms with E-state index in [2.05, 4.69) is 41.6 Å². The molecule has 0 unspecified atom stereocenters. The molecular formula is C25H32N10O. The molecule has 2 aromatic heterocycles. The zero-order valence-corrected chi connectivity index (χ0v) is 20.3. The maximum absolute atomic E-state index is 12.1.